The average molecular weight is 588 g/mol. The van der Waals surface area contributed by atoms with E-state index in [1.165, 1.54) is 19.3 Å². The van der Waals surface area contributed by atoms with Crippen molar-refractivity contribution in [3.63, 3.8) is 0 Å². The second kappa shape index (κ2) is 12.6. The van der Waals surface area contributed by atoms with Crippen molar-refractivity contribution in [3.8, 4) is 11.3 Å². The van der Waals surface area contributed by atoms with Gasteiger partial charge in [-0.25, -0.2) is 13.1 Å². The fraction of sp³-hybridized carbons (Fsp3) is 0.656. The standard InChI is InChI=1S/C32H49N3O5S/c1-31(2,3)26-18-23(12-13-29(26)41(38,39)34-32(4,5)6)27-19-25(30(37)33-24-14-16-40-17-15-24)28(21-36)35(27)20-22-10-8-7-9-11-22/h12-13,18-19,22,24,34,36H,7-11,14-17,20-21H2,1-6H3,(H,33,37). The van der Waals surface area contributed by atoms with Gasteiger partial charge in [-0.05, 0) is 87.1 Å². The van der Waals surface area contributed by atoms with Crippen LogP contribution in [0.15, 0.2) is 29.2 Å². The number of amides is 1. The fourth-order valence-electron chi connectivity index (χ4n) is 6.10. The number of aliphatic hydroxyl groups is 1. The molecule has 1 saturated carbocycles. The number of aromatic nitrogens is 1. The summed E-state index contributed by atoms with van der Waals surface area (Å²) in [6, 6.07) is 7.39. The van der Waals surface area contributed by atoms with E-state index in [2.05, 4.69) is 14.6 Å². The zero-order valence-corrected chi connectivity index (χ0v) is 26.5. The summed E-state index contributed by atoms with van der Waals surface area (Å²) in [4.78, 5) is 13.8. The lowest BCUT2D eigenvalue weighted by atomic mass is 9.85. The Labute approximate surface area is 246 Å². The van der Waals surface area contributed by atoms with Crippen LogP contribution in [0.5, 0.6) is 0 Å². The van der Waals surface area contributed by atoms with Gasteiger partial charge in [0.1, 0.15) is 0 Å². The highest BCUT2D eigenvalue weighted by Crippen LogP contribution is 2.36. The van der Waals surface area contributed by atoms with Crippen LogP contribution in [0.3, 0.4) is 0 Å². The van der Waals surface area contributed by atoms with Crippen LogP contribution in [0.1, 0.15) is 108 Å². The number of ether oxygens (including phenoxy) is 1. The molecule has 2 aliphatic rings. The topological polar surface area (TPSA) is 110 Å². The monoisotopic (exact) mass is 587 g/mol. The lowest BCUT2D eigenvalue weighted by molar-refractivity contribution is 0.0695. The maximum absolute atomic E-state index is 13.6. The number of nitrogens with one attached hydrogen (secondary N) is 2. The first kappa shape index (κ1) is 31.7. The predicted molar refractivity (Wildman–Crippen MR) is 162 cm³/mol. The van der Waals surface area contributed by atoms with Gasteiger partial charge < -0.3 is 19.7 Å². The molecule has 0 spiro atoms. The van der Waals surface area contributed by atoms with Crippen molar-refractivity contribution in [1.82, 2.24) is 14.6 Å². The van der Waals surface area contributed by atoms with Crippen molar-refractivity contribution in [3.05, 3.63) is 41.1 Å². The molecule has 2 heterocycles. The van der Waals surface area contributed by atoms with E-state index in [-0.39, 0.29) is 23.5 Å². The Morgan fingerprint density at radius 3 is 2.24 bits per heavy atom. The summed E-state index contributed by atoms with van der Waals surface area (Å²) in [5, 5.41) is 13.7. The van der Waals surface area contributed by atoms with Gasteiger partial charge in [-0.15, -0.1) is 0 Å². The molecule has 0 bridgehead atoms. The first-order chi connectivity index (χ1) is 19.2. The normalized spacial score (nSPS) is 18.0. The number of benzene rings is 1. The number of aliphatic hydroxyl groups excluding tert-OH is 1. The van der Waals surface area contributed by atoms with Gasteiger partial charge in [-0.2, -0.15) is 0 Å². The van der Waals surface area contributed by atoms with Crippen LogP contribution in [0, 0.1) is 5.92 Å². The summed E-state index contributed by atoms with van der Waals surface area (Å²) in [5.74, 6) is 0.276. The van der Waals surface area contributed by atoms with E-state index in [9.17, 15) is 18.3 Å². The molecule has 0 radical (unpaired) electrons. The van der Waals surface area contributed by atoms with Crippen molar-refractivity contribution >= 4 is 15.9 Å². The average Bonchev–Trinajstić information content (AvgIpc) is 3.26. The first-order valence-corrected chi connectivity index (χ1v) is 16.6. The maximum Gasteiger partial charge on any atom is 0.253 e. The third-order valence-corrected chi connectivity index (χ3v) is 9.95. The van der Waals surface area contributed by atoms with E-state index in [0.29, 0.717) is 42.5 Å². The van der Waals surface area contributed by atoms with Crippen molar-refractivity contribution in [1.29, 1.82) is 0 Å². The van der Waals surface area contributed by atoms with E-state index in [1.54, 1.807) is 6.07 Å². The lowest BCUT2D eigenvalue weighted by Gasteiger charge is -2.27. The molecule has 0 atom stereocenters. The van der Waals surface area contributed by atoms with Crippen molar-refractivity contribution in [2.45, 2.75) is 122 Å². The number of rotatable bonds is 8. The fourth-order valence-corrected chi connectivity index (χ4v) is 7.92. The molecule has 0 unspecified atom stereocenters. The molecule has 1 aliphatic carbocycles. The van der Waals surface area contributed by atoms with Gasteiger partial charge in [-0.3, -0.25) is 4.79 Å². The highest BCUT2D eigenvalue weighted by molar-refractivity contribution is 7.89. The van der Waals surface area contributed by atoms with Crippen LogP contribution in [-0.4, -0.2) is 48.8 Å². The van der Waals surface area contributed by atoms with Gasteiger partial charge >= 0.3 is 0 Å². The first-order valence-electron chi connectivity index (χ1n) is 15.1. The predicted octanol–water partition coefficient (Wildman–Crippen LogP) is 5.51. The van der Waals surface area contributed by atoms with Crippen molar-refractivity contribution < 1.29 is 23.1 Å². The Morgan fingerprint density at radius 2 is 1.66 bits per heavy atom. The Bertz CT molecular complexity index is 1320. The summed E-state index contributed by atoms with van der Waals surface area (Å²) < 4.78 is 37.3. The lowest BCUT2D eigenvalue weighted by Crippen LogP contribution is -2.41. The molecule has 1 aromatic carbocycles. The van der Waals surface area contributed by atoms with Gasteiger partial charge in [0.05, 0.1) is 22.8 Å². The zero-order valence-electron chi connectivity index (χ0n) is 25.7. The minimum atomic E-state index is -3.77. The highest BCUT2D eigenvalue weighted by atomic mass is 32.2. The molecule has 2 aromatic rings. The third-order valence-electron chi connectivity index (χ3n) is 8.14. The molecule has 9 heteroatoms. The van der Waals surface area contributed by atoms with Crippen LogP contribution >= 0.6 is 0 Å². The number of carbonyl (C=O) groups is 1. The SMILES string of the molecule is CC(C)(C)NS(=O)(=O)c1ccc(-c2cc(C(=O)NC3CCOCC3)c(CO)n2CC2CCCCC2)cc1C(C)(C)C. The molecule has 4 rings (SSSR count). The molecular weight excluding hydrogens is 538 g/mol. The van der Waals surface area contributed by atoms with E-state index < -0.39 is 21.0 Å². The quantitative estimate of drug-likeness (QED) is 0.377. The van der Waals surface area contributed by atoms with E-state index in [4.69, 9.17) is 4.74 Å². The van der Waals surface area contributed by atoms with Crippen LogP contribution < -0.4 is 10.0 Å². The summed E-state index contributed by atoms with van der Waals surface area (Å²) >= 11 is 0. The largest absolute Gasteiger partial charge is 0.390 e. The molecule has 1 amide bonds. The van der Waals surface area contributed by atoms with Gasteiger partial charge in [0.2, 0.25) is 10.0 Å². The van der Waals surface area contributed by atoms with Crippen LogP contribution in [-0.2, 0) is 33.3 Å². The minimum absolute atomic E-state index is 0.0419. The Morgan fingerprint density at radius 1 is 1.00 bits per heavy atom. The number of hydrogen-bond acceptors (Lipinski definition) is 5. The van der Waals surface area contributed by atoms with Gasteiger partial charge in [0, 0.05) is 37.0 Å². The molecule has 3 N–H and O–H groups in total. The van der Waals surface area contributed by atoms with Gasteiger partial charge in [0.15, 0.2) is 0 Å². The molecule has 2 fully saturated rings. The number of carbonyl (C=O) groups excluding carboxylic acids is 1. The summed E-state index contributed by atoms with van der Waals surface area (Å²) in [7, 11) is -3.77. The molecule has 8 nitrogen and oxygen atoms in total. The molecule has 1 saturated heterocycles. The zero-order chi connectivity index (χ0) is 30.0. The number of sulfonamides is 1. The maximum atomic E-state index is 13.6. The third kappa shape index (κ3) is 7.80. The van der Waals surface area contributed by atoms with Crippen LogP contribution in [0.25, 0.3) is 11.3 Å². The second-order valence-electron chi connectivity index (χ2n) is 13.8. The van der Waals surface area contributed by atoms with Crippen molar-refractivity contribution in [2.24, 2.45) is 5.92 Å². The van der Waals surface area contributed by atoms with Crippen LogP contribution in [0.2, 0.25) is 0 Å². The number of nitrogens with zero attached hydrogens (tertiary/aromatic N) is 1. The van der Waals surface area contributed by atoms with E-state index >= 15 is 0 Å². The number of hydrogen-bond donors (Lipinski definition) is 3. The summed E-state index contributed by atoms with van der Waals surface area (Å²) in [6.45, 7) is 13.2. The Balaban J connectivity index is 1.82. The molecule has 1 aliphatic heterocycles. The van der Waals surface area contributed by atoms with Crippen LogP contribution in [0.4, 0.5) is 0 Å². The smallest absolute Gasteiger partial charge is 0.253 e. The summed E-state index contributed by atoms with van der Waals surface area (Å²) in [5.41, 5.74) is 2.38. The van der Waals surface area contributed by atoms with Gasteiger partial charge in [-0.1, -0.05) is 46.1 Å². The van der Waals surface area contributed by atoms with E-state index in [0.717, 1.165) is 36.9 Å². The minimum Gasteiger partial charge on any atom is -0.390 e. The van der Waals surface area contributed by atoms with Crippen molar-refractivity contribution in [2.75, 3.05) is 13.2 Å². The molecular formula is C32H49N3O5S. The molecule has 41 heavy (non-hydrogen) atoms. The molecule has 1 aromatic heterocycles. The van der Waals surface area contributed by atoms with E-state index in [1.807, 2.05) is 59.7 Å². The molecule has 228 valence electrons. The summed E-state index contributed by atoms with van der Waals surface area (Å²) in [6.07, 6.45) is 7.40. The van der Waals surface area contributed by atoms with Gasteiger partial charge in [0.25, 0.3) is 5.91 Å². The highest BCUT2D eigenvalue weighted by Gasteiger charge is 2.31. The Kier molecular flexibility index (Phi) is 9.73. The second-order valence-corrected chi connectivity index (χ2v) is 15.5. The Hall–Kier alpha value is -2.20.